The molecule has 2 aliphatic carbocycles. The Morgan fingerprint density at radius 1 is 0.879 bits per heavy atom. The van der Waals surface area contributed by atoms with E-state index >= 15 is 0 Å². The molecule has 0 fully saturated rings. The van der Waals surface area contributed by atoms with Crippen molar-refractivity contribution in [1.82, 2.24) is 0 Å². The summed E-state index contributed by atoms with van der Waals surface area (Å²) in [6.45, 7) is 18.9. The Bertz CT molecular complexity index is 1070. The van der Waals surface area contributed by atoms with Gasteiger partial charge in [0.25, 0.3) is 0 Å². The summed E-state index contributed by atoms with van der Waals surface area (Å²) in [6.07, 6.45) is 7.83. The second kappa shape index (κ2) is 10.9. The number of aryl methyl sites for hydroxylation is 2. The van der Waals surface area contributed by atoms with Crippen molar-refractivity contribution in [3.63, 3.8) is 0 Å². The van der Waals surface area contributed by atoms with Crippen molar-refractivity contribution in [2.45, 2.75) is 71.9 Å². The van der Waals surface area contributed by atoms with Gasteiger partial charge in [0, 0.05) is 0 Å². The molecule has 0 spiro atoms. The van der Waals surface area contributed by atoms with Gasteiger partial charge < -0.3 is 24.8 Å². The van der Waals surface area contributed by atoms with E-state index in [0.29, 0.717) is 9.54 Å². The first kappa shape index (κ1) is 28.5. The van der Waals surface area contributed by atoms with Crippen LogP contribution < -0.4 is 24.8 Å². The molecule has 0 N–H and O–H groups in total. The number of fused-ring (bicyclic) bond motifs is 3. The quantitative estimate of drug-likeness (QED) is 0.539. The van der Waals surface area contributed by atoms with E-state index in [9.17, 15) is 0 Å². The zero-order valence-electron chi connectivity index (χ0n) is 21.4. The molecule has 3 heteroatoms. The Morgan fingerprint density at radius 3 is 1.82 bits per heavy atom. The largest absolute Gasteiger partial charge is 1.00 e. The third-order valence-electron chi connectivity index (χ3n) is 7.02. The average molecular weight is 561 g/mol. The van der Waals surface area contributed by atoms with E-state index in [4.69, 9.17) is 0 Å². The van der Waals surface area contributed by atoms with Gasteiger partial charge in [-0.2, -0.15) is 0 Å². The fourth-order valence-electron chi connectivity index (χ4n) is 5.48. The van der Waals surface area contributed by atoms with Crippen molar-refractivity contribution in [3.05, 3.63) is 79.7 Å². The van der Waals surface area contributed by atoms with Crippen molar-refractivity contribution < 1.29 is 46.1 Å². The van der Waals surface area contributed by atoms with Crippen LogP contribution in [-0.4, -0.2) is 3.21 Å². The minimum atomic E-state index is -2.17. The van der Waals surface area contributed by atoms with Crippen LogP contribution in [0.15, 0.2) is 57.4 Å². The Balaban J connectivity index is 0.00000193. The maximum absolute atomic E-state index is 2.66. The molecule has 2 aromatic rings. The molecule has 0 radical (unpaired) electrons. The average Bonchev–Trinajstić information content (AvgIpc) is 3.22. The molecule has 2 aliphatic rings. The van der Waals surface area contributed by atoms with E-state index in [1.165, 1.54) is 35.1 Å². The van der Waals surface area contributed by atoms with E-state index in [0.717, 1.165) is 0 Å². The van der Waals surface area contributed by atoms with Crippen LogP contribution in [0.4, 0.5) is 0 Å². The second-order valence-corrected chi connectivity index (χ2v) is 18.2. The van der Waals surface area contributed by atoms with Crippen LogP contribution in [0.25, 0.3) is 11.1 Å². The van der Waals surface area contributed by atoms with E-state index in [1.807, 2.05) is 3.28 Å². The molecule has 0 nitrogen and oxygen atoms in total. The summed E-state index contributed by atoms with van der Waals surface area (Å²) in [5.41, 5.74) is 10.8. The monoisotopic (exact) mass is 558 g/mol. The van der Waals surface area contributed by atoms with Crippen molar-refractivity contribution in [1.29, 1.82) is 0 Å². The van der Waals surface area contributed by atoms with E-state index < -0.39 is 21.3 Å². The van der Waals surface area contributed by atoms with Crippen LogP contribution in [-0.2, 0) is 21.3 Å². The summed E-state index contributed by atoms with van der Waals surface area (Å²) >= 11 is -2.17. The summed E-state index contributed by atoms with van der Waals surface area (Å²) in [5, 5.41) is 0. The topological polar surface area (TPSA) is 0 Å². The summed E-state index contributed by atoms with van der Waals surface area (Å²) in [7, 11) is 0. The Kier molecular flexibility index (Phi) is 9.40. The maximum Gasteiger partial charge on any atom is -1.00 e. The molecule has 0 amide bonds. The molecule has 0 saturated heterocycles. The van der Waals surface area contributed by atoms with Crippen LogP contribution in [0, 0.1) is 25.2 Å². The first-order chi connectivity index (χ1) is 14.6. The molecule has 1 atom stereocenters. The Labute approximate surface area is 221 Å². The first-order valence-electron chi connectivity index (χ1n) is 11.9. The third-order valence-corrected chi connectivity index (χ3v) is 15.4. The Hall–Kier alpha value is -0.747. The molecule has 1 unspecified atom stereocenters. The van der Waals surface area contributed by atoms with Gasteiger partial charge in [-0.15, -0.1) is 0 Å². The zero-order valence-corrected chi connectivity index (χ0v) is 25.4. The second-order valence-electron chi connectivity index (χ2n) is 10.9. The van der Waals surface area contributed by atoms with Crippen LogP contribution in [0.3, 0.4) is 0 Å². The van der Waals surface area contributed by atoms with Gasteiger partial charge in [-0.05, 0) is 0 Å². The van der Waals surface area contributed by atoms with Gasteiger partial charge in [-0.25, -0.2) is 0 Å². The van der Waals surface area contributed by atoms with Gasteiger partial charge in [0.15, 0.2) is 0 Å². The Morgan fingerprint density at radius 2 is 1.39 bits per heavy atom. The minimum absolute atomic E-state index is 0. The molecule has 0 saturated carbocycles. The van der Waals surface area contributed by atoms with Gasteiger partial charge in [0.05, 0.1) is 0 Å². The molecule has 33 heavy (non-hydrogen) atoms. The third kappa shape index (κ3) is 5.42. The number of halogens is 2. The van der Waals surface area contributed by atoms with E-state index in [1.54, 1.807) is 19.9 Å². The number of hydrogen-bond donors (Lipinski definition) is 0. The standard InChI is InChI=1S/C15H13.C12H19.C3H6.2ClH.Zr/c1-10-3-5-14-12(7-10)9-13-8-11(2)4-6-15(13)14;1-5-6-10-7-8-11(9-10)12(2,3)4;1-3-2;;;/h3-9H,1-2H3;8-10H,5-6H2,1-4H3;1-2H3;2*1H;/q;;;;;+2/p-2. The molecule has 0 bridgehead atoms. The van der Waals surface area contributed by atoms with Crippen LogP contribution in [0.5, 0.6) is 0 Å². The molecule has 0 aliphatic heterocycles. The molecule has 0 aromatic heterocycles. The summed E-state index contributed by atoms with van der Waals surface area (Å²) < 4.78 is 4.17. The number of rotatable bonds is 4. The predicted molar refractivity (Wildman–Crippen MR) is 134 cm³/mol. The fraction of sp³-hybridized carbons (Fsp3) is 0.433. The SMILES string of the molecule is CCCC1C=C(C(C)(C)C)C=[C]1[Zr+2](=[C](C)C)[CH]1c2cc(C)ccc2-c2ccc(C)cc21.[Cl-].[Cl-]. The van der Waals surface area contributed by atoms with E-state index in [2.05, 4.69) is 104 Å². The summed E-state index contributed by atoms with van der Waals surface area (Å²) in [4.78, 5) is 0. The zero-order chi connectivity index (χ0) is 22.5. The molecular weight excluding hydrogens is 522 g/mol. The summed E-state index contributed by atoms with van der Waals surface area (Å²) in [6, 6.07) is 14.4. The van der Waals surface area contributed by atoms with Crippen molar-refractivity contribution >= 4 is 3.21 Å². The van der Waals surface area contributed by atoms with E-state index in [-0.39, 0.29) is 30.2 Å². The fourth-order valence-corrected chi connectivity index (χ4v) is 14.1. The predicted octanol–water partition coefficient (Wildman–Crippen LogP) is 2.50. The van der Waals surface area contributed by atoms with Crippen LogP contribution in [0.1, 0.15) is 80.3 Å². The van der Waals surface area contributed by atoms with Gasteiger partial charge in [0.2, 0.25) is 0 Å². The maximum atomic E-state index is 2.66. The molecular formula is C30H38Cl2Zr. The van der Waals surface area contributed by atoms with Gasteiger partial charge in [-0.3, -0.25) is 0 Å². The van der Waals surface area contributed by atoms with Crippen molar-refractivity contribution in [3.8, 4) is 11.1 Å². The smallest absolute Gasteiger partial charge is 1.00 e. The van der Waals surface area contributed by atoms with Gasteiger partial charge in [-0.1, -0.05) is 0 Å². The molecule has 176 valence electrons. The summed E-state index contributed by atoms with van der Waals surface area (Å²) in [5.74, 6) is 0.644. The van der Waals surface area contributed by atoms with Gasteiger partial charge >= 0.3 is 198 Å². The van der Waals surface area contributed by atoms with Crippen molar-refractivity contribution in [2.24, 2.45) is 11.3 Å². The molecule has 4 rings (SSSR count). The van der Waals surface area contributed by atoms with Crippen LogP contribution in [0.2, 0.25) is 0 Å². The number of hydrogen-bond acceptors (Lipinski definition) is 0. The first-order valence-corrected chi connectivity index (χ1v) is 15.8. The normalized spacial score (nSPS) is 16.5. The molecule has 2 aromatic carbocycles. The minimum Gasteiger partial charge on any atom is -1.00 e. The van der Waals surface area contributed by atoms with Gasteiger partial charge in [0.1, 0.15) is 0 Å². The number of benzene rings is 2. The number of allylic oxidation sites excluding steroid dienone is 4. The van der Waals surface area contributed by atoms with Crippen molar-refractivity contribution in [2.75, 3.05) is 0 Å². The van der Waals surface area contributed by atoms with Crippen LogP contribution >= 0.6 is 0 Å². The molecule has 0 heterocycles.